The minimum absolute atomic E-state index is 0.562. The van der Waals surface area contributed by atoms with Gasteiger partial charge in [0.05, 0.1) is 15.4 Å². The smallest absolute Gasteiger partial charge is 0.0600 e. The van der Waals surface area contributed by atoms with Crippen molar-refractivity contribution < 1.29 is 0 Å². The molecular weight excluding hydrogens is 300 g/mol. The van der Waals surface area contributed by atoms with E-state index in [0.717, 1.165) is 16.3 Å². The molecule has 0 N–H and O–H groups in total. The molecular formula is C17H17ClN2S. The monoisotopic (exact) mass is 316 g/mol. The summed E-state index contributed by atoms with van der Waals surface area (Å²) in [5.74, 6) is 0.562. The summed E-state index contributed by atoms with van der Waals surface area (Å²) in [4.78, 5) is 6.47. The largest absolute Gasteiger partial charge is 0.340 e. The van der Waals surface area contributed by atoms with Gasteiger partial charge >= 0.3 is 0 Å². The van der Waals surface area contributed by atoms with Crippen LogP contribution in [0.3, 0.4) is 0 Å². The van der Waals surface area contributed by atoms with E-state index >= 15 is 0 Å². The molecule has 2 nitrogen and oxygen atoms in total. The van der Waals surface area contributed by atoms with Gasteiger partial charge in [-0.05, 0) is 24.1 Å². The third-order valence-electron chi connectivity index (χ3n) is 3.34. The van der Waals surface area contributed by atoms with Gasteiger partial charge < -0.3 is 4.90 Å². The molecule has 3 aromatic rings. The first-order valence-corrected chi connectivity index (χ1v) is 8.26. The Morgan fingerprint density at radius 3 is 2.67 bits per heavy atom. The maximum atomic E-state index is 6.31. The molecule has 3 rings (SSSR count). The second kappa shape index (κ2) is 6.04. The number of aromatic nitrogens is 1. The lowest BCUT2D eigenvalue weighted by Gasteiger charge is -2.26. The number of thiophene rings is 1. The summed E-state index contributed by atoms with van der Waals surface area (Å²) in [5, 5.41) is 4.23. The molecule has 0 aliphatic carbocycles. The molecule has 1 aromatic carbocycles. The lowest BCUT2D eigenvalue weighted by molar-refractivity contribution is 0.652. The summed E-state index contributed by atoms with van der Waals surface area (Å²) in [7, 11) is 0. The molecule has 0 aliphatic rings. The van der Waals surface area contributed by atoms with Crippen LogP contribution in [0.5, 0.6) is 0 Å². The molecule has 21 heavy (non-hydrogen) atoms. The van der Waals surface area contributed by atoms with Crippen LogP contribution in [-0.4, -0.2) is 11.5 Å². The molecule has 0 spiro atoms. The Kier molecular flexibility index (Phi) is 4.13. The van der Waals surface area contributed by atoms with Gasteiger partial charge in [0.2, 0.25) is 0 Å². The number of anilines is 2. The molecule has 0 aliphatic heterocycles. The lowest BCUT2D eigenvalue weighted by Crippen LogP contribution is -2.22. The standard InChI is InChI=1S/C17H17ClN2S/c1-12(2)10-20(13-6-8-19-9-7-13)16-11-21-17-14(16)4-3-5-15(17)18/h3-9,11-12H,10H2,1-2H3. The van der Waals surface area contributed by atoms with Crippen molar-refractivity contribution >= 4 is 44.4 Å². The fourth-order valence-corrected chi connectivity index (χ4v) is 3.72. The average Bonchev–Trinajstić information content (AvgIpc) is 2.91. The van der Waals surface area contributed by atoms with E-state index < -0.39 is 0 Å². The zero-order valence-corrected chi connectivity index (χ0v) is 13.7. The summed E-state index contributed by atoms with van der Waals surface area (Å²) in [6, 6.07) is 10.2. The summed E-state index contributed by atoms with van der Waals surface area (Å²) in [6.07, 6.45) is 3.67. The van der Waals surface area contributed by atoms with E-state index in [1.165, 1.54) is 16.8 Å². The van der Waals surface area contributed by atoms with E-state index in [1.54, 1.807) is 11.3 Å². The number of hydrogen-bond donors (Lipinski definition) is 0. The van der Waals surface area contributed by atoms with Gasteiger partial charge in [-0.2, -0.15) is 0 Å². The molecule has 4 heteroatoms. The Labute approximate surface area is 134 Å². The Hall–Kier alpha value is -1.58. The van der Waals surface area contributed by atoms with Gasteiger partial charge in [0.15, 0.2) is 0 Å². The van der Waals surface area contributed by atoms with Crippen LogP contribution >= 0.6 is 22.9 Å². The number of nitrogens with zero attached hydrogens (tertiary/aromatic N) is 2. The maximum absolute atomic E-state index is 6.31. The van der Waals surface area contributed by atoms with E-state index in [-0.39, 0.29) is 0 Å². The second-order valence-corrected chi connectivity index (χ2v) is 6.73. The first kappa shape index (κ1) is 14.4. The topological polar surface area (TPSA) is 16.1 Å². The van der Waals surface area contributed by atoms with Crippen LogP contribution < -0.4 is 4.90 Å². The Morgan fingerprint density at radius 1 is 1.19 bits per heavy atom. The minimum atomic E-state index is 0.562. The van der Waals surface area contributed by atoms with Gasteiger partial charge in [0.1, 0.15) is 0 Å². The van der Waals surface area contributed by atoms with Gasteiger partial charge in [-0.1, -0.05) is 37.6 Å². The van der Waals surface area contributed by atoms with E-state index in [2.05, 4.69) is 47.3 Å². The summed E-state index contributed by atoms with van der Waals surface area (Å²) >= 11 is 8.01. The van der Waals surface area contributed by atoms with Crippen LogP contribution in [0.15, 0.2) is 48.1 Å². The lowest BCUT2D eigenvalue weighted by atomic mass is 10.1. The van der Waals surface area contributed by atoms with Crippen molar-refractivity contribution in [1.82, 2.24) is 4.98 Å². The molecule has 2 heterocycles. The van der Waals surface area contributed by atoms with E-state index in [1.807, 2.05) is 24.5 Å². The molecule has 0 atom stereocenters. The third kappa shape index (κ3) is 2.89. The predicted octanol–water partition coefficient (Wildman–Crippen LogP) is 5.74. The normalized spacial score (nSPS) is 11.2. The number of hydrogen-bond acceptors (Lipinski definition) is 3. The SMILES string of the molecule is CC(C)CN(c1ccncc1)c1csc2c(Cl)cccc12. The molecule has 0 amide bonds. The van der Waals surface area contributed by atoms with Crippen molar-refractivity contribution in [3.63, 3.8) is 0 Å². The number of halogens is 1. The Balaban J connectivity index is 2.13. The highest BCUT2D eigenvalue weighted by Gasteiger charge is 2.16. The van der Waals surface area contributed by atoms with Crippen LogP contribution in [0.25, 0.3) is 10.1 Å². The highest BCUT2D eigenvalue weighted by Crippen LogP contribution is 2.40. The number of pyridine rings is 1. The summed E-state index contributed by atoms with van der Waals surface area (Å²) in [5.41, 5.74) is 2.38. The molecule has 0 radical (unpaired) electrons. The first-order chi connectivity index (χ1) is 10.2. The molecule has 0 saturated carbocycles. The van der Waals surface area contributed by atoms with Crippen molar-refractivity contribution in [2.75, 3.05) is 11.4 Å². The minimum Gasteiger partial charge on any atom is -0.340 e. The van der Waals surface area contributed by atoms with Crippen LogP contribution in [0, 0.1) is 5.92 Å². The Morgan fingerprint density at radius 2 is 1.95 bits per heavy atom. The summed E-state index contributed by atoms with van der Waals surface area (Å²) < 4.78 is 1.15. The van der Waals surface area contributed by atoms with E-state index in [0.29, 0.717) is 5.92 Å². The molecule has 108 valence electrons. The van der Waals surface area contributed by atoms with Crippen molar-refractivity contribution in [3.05, 3.63) is 53.1 Å². The van der Waals surface area contributed by atoms with Crippen LogP contribution in [-0.2, 0) is 0 Å². The van der Waals surface area contributed by atoms with E-state index in [4.69, 9.17) is 11.6 Å². The quantitative estimate of drug-likeness (QED) is 0.609. The zero-order chi connectivity index (χ0) is 14.8. The fourth-order valence-electron chi connectivity index (χ4n) is 2.45. The first-order valence-electron chi connectivity index (χ1n) is 7.00. The average molecular weight is 317 g/mol. The molecule has 0 fully saturated rings. The van der Waals surface area contributed by atoms with Crippen LogP contribution in [0.2, 0.25) is 5.02 Å². The van der Waals surface area contributed by atoms with Gasteiger partial charge in [-0.3, -0.25) is 4.98 Å². The van der Waals surface area contributed by atoms with Crippen molar-refractivity contribution in [2.45, 2.75) is 13.8 Å². The maximum Gasteiger partial charge on any atom is 0.0600 e. The fraction of sp³-hybridized carbons (Fsp3) is 0.235. The highest BCUT2D eigenvalue weighted by atomic mass is 35.5. The van der Waals surface area contributed by atoms with Gasteiger partial charge in [0.25, 0.3) is 0 Å². The number of benzene rings is 1. The number of rotatable bonds is 4. The van der Waals surface area contributed by atoms with Crippen LogP contribution in [0.4, 0.5) is 11.4 Å². The predicted molar refractivity (Wildman–Crippen MR) is 92.9 cm³/mol. The number of fused-ring (bicyclic) bond motifs is 1. The Bertz CT molecular complexity index is 737. The van der Waals surface area contributed by atoms with Crippen molar-refractivity contribution in [3.8, 4) is 0 Å². The zero-order valence-electron chi connectivity index (χ0n) is 12.1. The summed E-state index contributed by atoms with van der Waals surface area (Å²) in [6.45, 7) is 5.42. The van der Waals surface area contributed by atoms with Gasteiger partial charge in [-0.15, -0.1) is 11.3 Å². The van der Waals surface area contributed by atoms with E-state index in [9.17, 15) is 0 Å². The second-order valence-electron chi connectivity index (χ2n) is 5.45. The van der Waals surface area contributed by atoms with Crippen molar-refractivity contribution in [1.29, 1.82) is 0 Å². The molecule has 0 unspecified atom stereocenters. The molecule has 0 bridgehead atoms. The van der Waals surface area contributed by atoms with Crippen molar-refractivity contribution in [2.24, 2.45) is 5.92 Å². The van der Waals surface area contributed by atoms with Gasteiger partial charge in [-0.25, -0.2) is 0 Å². The van der Waals surface area contributed by atoms with Gasteiger partial charge in [0, 0.05) is 35.4 Å². The third-order valence-corrected chi connectivity index (χ3v) is 4.79. The molecule has 2 aromatic heterocycles. The highest BCUT2D eigenvalue weighted by molar-refractivity contribution is 7.18. The molecule has 0 saturated heterocycles. The van der Waals surface area contributed by atoms with Crippen LogP contribution in [0.1, 0.15) is 13.8 Å².